The Labute approximate surface area is 107 Å². The van der Waals surface area contributed by atoms with Gasteiger partial charge in [-0.1, -0.05) is 13.8 Å². The molecule has 0 aliphatic heterocycles. The number of rotatable bonds is 6. The van der Waals surface area contributed by atoms with E-state index in [1.165, 1.54) is 4.90 Å². The lowest BCUT2D eigenvalue weighted by Gasteiger charge is -2.12. The van der Waals surface area contributed by atoms with Crippen LogP contribution >= 0.6 is 11.8 Å². The van der Waals surface area contributed by atoms with E-state index in [1.54, 1.807) is 11.8 Å². The number of hydrogen-bond acceptors (Lipinski definition) is 3. The highest BCUT2D eigenvalue weighted by Gasteiger charge is 2.14. The SMILES string of the molecule is CCSc1ccc(NC(=O)C(CC)CN)cc1. The Morgan fingerprint density at radius 2 is 2.00 bits per heavy atom. The highest BCUT2D eigenvalue weighted by molar-refractivity contribution is 7.99. The molecule has 0 aliphatic rings. The van der Waals surface area contributed by atoms with Gasteiger partial charge in [0.25, 0.3) is 0 Å². The van der Waals surface area contributed by atoms with Crippen LogP contribution in [0.2, 0.25) is 0 Å². The molecule has 17 heavy (non-hydrogen) atoms. The number of anilines is 1. The van der Waals surface area contributed by atoms with E-state index in [4.69, 9.17) is 5.73 Å². The Balaban J connectivity index is 2.59. The van der Waals surface area contributed by atoms with Crippen LogP contribution in [0.5, 0.6) is 0 Å². The van der Waals surface area contributed by atoms with Crippen molar-refractivity contribution in [3.05, 3.63) is 24.3 Å². The monoisotopic (exact) mass is 252 g/mol. The summed E-state index contributed by atoms with van der Waals surface area (Å²) < 4.78 is 0. The highest BCUT2D eigenvalue weighted by atomic mass is 32.2. The number of hydrogen-bond donors (Lipinski definition) is 2. The van der Waals surface area contributed by atoms with Crippen molar-refractivity contribution in [1.82, 2.24) is 0 Å². The Kier molecular flexibility index (Phi) is 6.08. The quantitative estimate of drug-likeness (QED) is 0.765. The fourth-order valence-corrected chi connectivity index (χ4v) is 2.17. The molecule has 1 amide bonds. The maximum Gasteiger partial charge on any atom is 0.228 e. The van der Waals surface area contributed by atoms with Gasteiger partial charge in [0, 0.05) is 17.1 Å². The highest BCUT2D eigenvalue weighted by Crippen LogP contribution is 2.20. The molecule has 3 N–H and O–H groups in total. The Morgan fingerprint density at radius 3 is 2.47 bits per heavy atom. The van der Waals surface area contributed by atoms with Gasteiger partial charge in [-0.2, -0.15) is 0 Å². The van der Waals surface area contributed by atoms with E-state index >= 15 is 0 Å². The summed E-state index contributed by atoms with van der Waals surface area (Å²) in [5.41, 5.74) is 6.37. The van der Waals surface area contributed by atoms with Crippen LogP contribution in [0.3, 0.4) is 0 Å². The summed E-state index contributed by atoms with van der Waals surface area (Å²) in [6, 6.07) is 7.90. The molecule has 0 spiro atoms. The van der Waals surface area contributed by atoms with Crippen molar-refractivity contribution in [1.29, 1.82) is 0 Å². The predicted molar refractivity (Wildman–Crippen MR) is 74.3 cm³/mol. The van der Waals surface area contributed by atoms with Crippen LogP contribution in [0.15, 0.2) is 29.2 Å². The first-order valence-electron chi connectivity index (χ1n) is 5.95. The van der Waals surface area contributed by atoms with Gasteiger partial charge in [-0.3, -0.25) is 4.79 Å². The molecule has 94 valence electrons. The van der Waals surface area contributed by atoms with Gasteiger partial charge in [-0.25, -0.2) is 0 Å². The second-order valence-electron chi connectivity index (χ2n) is 3.79. The molecule has 0 heterocycles. The lowest BCUT2D eigenvalue weighted by Crippen LogP contribution is -2.28. The predicted octanol–water partition coefficient (Wildman–Crippen LogP) is 2.72. The van der Waals surface area contributed by atoms with Crippen molar-refractivity contribution in [3.8, 4) is 0 Å². The average Bonchev–Trinajstić information content (AvgIpc) is 2.33. The third-order valence-electron chi connectivity index (χ3n) is 2.58. The van der Waals surface area contributed by atoms with Gasteiger partial charge < -0.3 is 11.1 Å². The van der Waals surface area contributed by atoms with Crippen LogP contribution in [0, 0.1) is 5.92 Å². The van der Waals surface area contributed by atoms with E-state index in [0.29, 0.717) is 6.54 Å². The summed E-state index contributed by atoms with van der Waals surface area (Å²) in [5, 5.41) is 2.88. The zero-order valence-corrected chi connectivity index (χ0v) is 11.2. The largest absolute Gasteiger partial charge is 0.330 e. The van der Waals surface area contributed by atoms with Gasteiger partial charge in [-0.15, -0.1) is 11.8 Å². The average molecular weight is 252 g/mol. The number of benzene rings is 1. The van der Waals surface area contributed by atoms with Crippen LogP contribution < -0.4 is 11.1 Å². The molecule has 4 heteroatoms. The molecule has 1 unspecified atom stereocenters. The Bertz CT molecular complexity index is 347. The topological polar surface area (TPSA) is 55.1 Å². The van der Waals surface area contributed by atoms with Crippen molar-refractivity contribution in [2.75, 3.05) is 17.6 Å². The summed E-state index contributed by atoms with van der Waals surface area (Å²) >= 11 is 1.79. The van der Waals surface area contributed by atoms with Crippen LogP contribution in [0.4, 0.5) is 5.69 Å². The Hall–Kier alpha value is -1.00. The fourth-order valence-electron chi connectivity index (χ4n) is 1.50. The number of nitrogens with one attached hydrogen (secondary N) is 1. The molecule has 0 aromatic heterocycles. The van der Waals surface area contributed by atoms with Crippen molar-refractivity contribution in [2.24, 2.45) is 11.7 Å². The minimum Gasteiger partial charge on any atom is -0.330 e. The number of carbonyl (C=O) groups excluding carboxylic acids is 1. The first-order valence-corrected chi connectivity index (χ1v) is 6.93. The smallest absolute Gasteiger partial charge is 0.228 e. The minimum absolute atomic E-state index is 0.00546. The lowest BCUT2D eigenvalue weighted by molar-refractivity contribution is -0.119. The molecular weight excluding hydrogens is 232 g/mol. The fraction of sp³-hybridized carbons (Fsp3) is 0.462. The standard InChI is InChI=1S/C13H20N2OS/c1-3-10(9-14)13(16)15-11-5-7-12(8-6-11)17-4-2/h5-8,10H,3-4,9,14H2,1-2H3,(H,15,16). The summed E-state index contributed by atoms with van der Waals surface area (Å²) in [7, 11) is 0. The minimum atomic E-state index is -0.0975. The van der Waals surface area contributed by atoms with Gasteiger partial charge in [0.2, 0.25) is 5.91 Å². The van der Waals surface area contributed by atoms with Crippen LogP contribution in [-0.4, -0.2) is 18.2 Å². The maximum atomic E-state index is 11.8. The Morgan fingerprint density at radius 1 is 1.35 bits per heavy atom. The molecule has 1 rings (SSSR count). The van der Waals surface area contributed by atoms with Crippen LogP contribution in [0.1, 0.15) is 20.3 Å². The molecular formula is C13H20N2OS. The number of nitrogens with two attached hydrogens (primary N) is 1. The number of carbonyl (C=O) groups is 1. The second kappa shape index (κ2) is 7.35. The third-order valence-corrected chi connectivity index (χ3v) is 3.48. The van der Waals surface area contributed by atoms with Crippen LogP contribution in [0.25, 0.3) is 0 Å². The molecule has 1 aromatic carbocycles. The van der Waals surface area contributed by atoms with E-state index in [0.717, 1.165) is 17.9 Å². The van der Waals surface area contributed by atoms with E-state index in [-0.39, 0.29) is 11.8 Å². The lowest BCUT2D eigenvalue weighted by atomic mass is 10.1. The van der Waals surface area contributed by atoms with E-state index in [1.807, 2.05) is 31.2 Å². The van der Waals surface area contributed by atoms with Crippen molar-refractivity contribution >= 4 is 23.4 Å². The summed E-state index contributed by atoms with van der Waals surface area (Å²) in [5.74, 6) is 0.960. The second-order valence-corrected chi connectivity index (χ2v) is 5.12. The maximum absolute atomic E-state index is 11.8. The van der Waals surface area contributed by atoms with Gasteiger partial charge >= 0.3 is 0 Å². The summed E-state index contributed by atoms with van der Waals surface area (Å²) in [6.07, 6.45) is 0.770. The molecule has 0 bridgehead atoms. The normalized spacial score (nSPS) is 12.2. The van der Waals surface area contributed by atoms with Gasteiger partial charge in [0.05, 0.1) is 5.92 Å². The summed E-state index contributed by atoms with van der Waals surface area (Å²) in [6.45, 7) is 4.48. The molecule has 1 aromatic rings. The molecule has 0 saturated carbocycles. The van der Waals surface area contributed by atoms with Crippen molar-refractivity contribution < 1.29 is 4.79 Å². The van der Waals surface area contributed by atoms with Gasteiger partial charge in [-0.05, 0) is 36.4 Å². The third kappa shape index (κ3) is 4.40. The van der Waals surface area contributed by atoms with E-state index in [9.17, 15) is 4.79 Å². The zero-order valence-electron chi connectivity index (χ0n) is 10.4. The summed E-state index contributed by atoms with van der Waals surface area (Å²) in [4.78, 5) is 13.0. The molecule has 0 radical (unpaired) electrons. The zero-order chi connectivity index (χ0) is 12.7. The van der Waals surface area contributed by atoms with E-state index in [2.05, 4.69) is 12.2 Å². The molecule has 3 nitrogen and oxygen atoms in total. The molecule has 0 fully saturated rings. The van der Waals surface area contributed by atoms with Gasteiger partial charge in [0.1, 0.15) is 0 Å². The van der Waals surface area contributed by atoms with Crippen LogP contribution in [-0.2, 0) is 4.79 Å². The number of thioether (sulfide) groups is 1. The van der Waals surface area contributed by atoms with Gasteiger partial charge in [0.15, 0.2) is 0 Å². The first-order chi connectivity index (χ1) is 8.21. The van der Waals surface area contributed by atoms with Crippen molar-refractivity contribution in [3.63, 3.8) is 0 Å². The number of amides is 1. The first kappa shape index (κ1) is 14.1. The van der Waals surface area contributed by atoms with Crippen molar-refractivity contribution in [2.45, 2.75) is 25.2 Å². The molecule has 0 saturated heterocycles. The molecule has 1 atom stereocenters. The molecule has 0 aliphatic carbocycles. The van der Waals surface area contributed by atoms with E-state index < -0.39 is 0 Å².